The number of ether oxygens (including phenoxy) is 1. The molecule has 1 amide bonds. The molecule has 1 heterocycles. The Morgan fingerprint density at radius 2 is 1.52 bits per heavy atom. The van der Waals surface area contributed by atoms with Crippen LogP contribution in [0.3, 0.4) is 0 Å². The monoisotopic (exact) mass is 536 g/mol. The molecule has 0 aliphatic carbocycles. The topological polar surface area (TPSA) is 127 Å². The molecule has 1 atom stereocenters. The molecular formula is C32H32N4O4. The zero-order valence-electron chi connectivity index (χ0n) is 22.7. The number of anilines is 1. The maximum absolute atomic E-state index is 13.5. The molecule has 4 aromatic rings. The highest BCUT2D eigenvalue weighted by Crippen LogP contribution is 2.22. The zero-order valence-corrected chi connectivity index (χ0v) is 22.7. The first-order valence-electron chi connectivity index (χ1n) is 12.9. The van der Waals surface area contributed by atoms with Gasteiger partial charge in [-0.3, -0.25) is 15.0 Å². The minimum Gasteiger partial charge on any atom is -0.456 e. The van der Waals surface area contributed by atoms with Crippen LogP contribution in [0, 0.1) is 5.41 Å². The largest absolute Gasteiger partial charge is 0.456 e. The molecule has 4 N–H and O–H groups in total. The highest BCUT2D eigenvalue weighted by Gasteiger charge is 2.23. The van der Waals surface area contributed by atoms with Crippen LogP contribution in [0.25, 0.3) is 11.1 Å². The van der Waals surface area contributed by atoms with Gasteiger partial charge in [0.1, 0.15) is 17.5 Å². The van der Waals surface area contributed by atoms with Crippen LogP contribution in [-0.4, -0.2) is 27.9 Å². The second-order valence-electron chi connectivity index (χ2n) is 10.4. The quantitative estimate of drug-likeness (QED) is 0.163. The lowest BCUT2D eigenvalue weighted by molar-refractivity contribution is -0.119. The average Bonchev–Trinajstić information content (AvgIpc) is 2.92. The van der Waals surface area contributed by atoms with Gasteiger partial charge >= 0.3 is 5.97 Å². The van der Waals surface area contributed by atoms with Crippen molar-refractivity contribution in [3.8, 4) is 11.1 Å². The fourth-order valence-corrected chi connectivity index (χ4v) is 4.18. The number of nitrogens with two attached hydrogens (primary N) is 1. The number of carbonyl (C=O) groups excluding carboxylic acids is 2. The number of nitrogens with zero attached hydrogens (tertiary/aromatic N) is 1. The van der Waals surface area contributed by atoms with E-state index in [1.807, 2.05) is 30.3 Å². The number of amidine groups is 1. The van der Waals surface area contributed by atoms with Crippen LogP contribution in [-0.2, 0) is 16.0 Å². The summed E-state index contributed by atoms with van der Waals surface area (Å²) in [5, 5.41) is 10.4. The summed E-state index contributed by atoms with van der Waals surface area (Å²) >= 11 is 0. The van der Waals surface area contributed by atoms with Gasteiger partial charge in [-0.15, -0.1) is 0 Å². The number of hydrogen-bond acceptors (Lipinski definition) is 5. The van der Waals surface area contributed by atoms with Gasteiger partial charge in [-0.05, 0) is 67.8 Å². The van der Waals surface area contributed by atoms with E-state index in [1.165, 1.54) is 10.6 Å². The van der Waals surface area contributed by atoms with Gasteiger partial charge in [-0.1, -0.05) is 54.6 Å². The Bertz CT molecular complexity index is 1570. The fraction of sp³-hybridized carbons (Fsp3) is 0.188. The summed E-state index contributed by atoms with van der Waals surface area (Å²) in [6.07, 6.45) is 1.92. The van der Waals surface area contributed by atoms with Gasteiger partial charge in [0.15, 0.2) is 0 Å². The van der Waals surface area contributed by atoms with E-state index in [0.717, 1.165) is 11.1 Å². The Labute approximate surface area is 232 Å². The summed E-state index contributed by atoms with van der Waals surface area (Å²) in [4.78, 5) is 39.2. The van der Waals surface area contributed by atoms with E-state index in [2.05, 4.69) is 5.32 Å². The van der Waals surface area contributed by atoms with Crippen molar-refractivity contribution in [2.45, 2.75) is 38.8 Å². The molecule has 0 aliphatic heterocycles. The summed E-state index contributed by atoms with van der Waals surface area (Å²) in [6.45, 7) is 5.39. The SMILES string of the molecule is CC(C)(C)OC(=O)c1ccc(NC(=O)C(Cc2ccccc2)n2ccc(-c3ccc(C(=N)N)cc3)cc2=O)cc1. The molecule has 4 rings (SSSR count). The number of amides is 1. The van der Waals surface area contributed by atoms with Crippen LogP contribution in [0.2, 0.25) is 0 Å². The minimum atomic E-state index is -0.824. The number of pyridine rings is 1. The molecule has 0 saturated carbocycles. The number of rotatable bonds is 8. The summed E-state index contributed by atoms with van der Waals surface area (Å²) in [5.74, 6) is -0.847. The van der Waals surface area contributed by atoms with E-state index in [9.17, 15) is 14.4 Å². The third-order valence-corrected chi connectivity index (χ3v) is 6.17. The molecule has 8 nitrogen and oxygen atoms in total. The number of nitrogen functional groups attached to an aromatic ring is 1. The van der Waals surface area contributed by atoms with Crippen molar-refractivity contribution < 1.29 is 14.3 Å². The standard InChI is InChI=1S/C32H32N4O4/c1-32(2,3)40-31(39)24-13-15-26(16-14-24)35-30(38)27(19-21-7-5-4-6-8-21)36-18-17-25(20-28(36)37)22-9-11-23(12-10-22)29(33)34/h4-18,20,27H,19H2,1-3H3,(H3,33,34)(H,35,38). The Kier molecular flexibility index (Phi) is 8.29. The molecule has 0 spiro atoms. The van der Waals surface area contributed by atoms with Gasteiger partial charge in [-0.2, -0.15) is 0 Å². The third-order valence-electron chi connectivity index (χ3n) is 6.17. The molecule has 0 bridgehead atoms. The molecule has 1 aromatic heterocycles. The molecule has 0 radical (unpaired) electrons. The Hall–Kier alpha value is -4.98. The molecule has 1 unspecified atom stereocenters. The zero-order chi connectivity index (χ0) is 28.9. The first-order valence-corrected chi connectivity index (χ1v) is 12.9. The van der Waals surface area contributed by atoms with Crippen LogP contribution in [0.4, 0.5) is 5.69 Å². The van der Waals surface area contributed by atoms with Gasteiger partial charge < -0.3 is 20.4 Å². The Morgan fingerprint density at radius 3 is 2.10 bits per heavy atom. The lowest BCUT2D eigenvalue weighted by Crippen LogP contribution is -2.34. The molecule has 204 valence electrons. The van der Waals surface area contributed by atoms with Crippen molar-refractivity contribution >= 4 is 23.4 Å². The van der Waals surface area contributed by atoms with Crippen molar-refractivity contribution in [2.75, 3.05) is 5.32 Å². The number of nitrogens with one attached hydrogen (secondary N) is 2. The predicted molar refractivity (Wildman–Crippen MR) is 157 cm³/mol. The summed E-state index contributed by atoms with van der Waals surface area (Å²) < 4.78 is 6.82. The van der Waals surface area contributed by atoms with E-state index >= 15 is 0 Å². The van der Waals surface area contributed by atoms with E-state index < -0.39 is 17.6 Å². The van der Waals surface area contributed by atoms with Crippen molar-refractivity contribution in [1.29, 1.82) is 5.41 Å². The molecular weight excluding hydrogens is 504 g/mol. The van der Waals surface area contributed by atoms with Crippen molar-refractivity contribution in [2.24, 2.45) is 5.73 Å². The Morgan fingerprint density at radius 1 is 0.900 bits per heavy atom. The smallest absolute Gasteiger partial charge is 0.338 e. The van der Waals surface area contributed by atoms with Gasteiger partial charge in [0, 0.05) is 29.9 Å². The van der Waals surface area contributed by atoms with Crippen LogP contribution < -0.4 is 16.6 Å². The van der Waals surface area contributed by atoms with Gasteiger partial charge in [0.2, 0.25) is 5.91 Å². The van der Waals surface area contributed by atoms with Crippen LogP contribution in [0.1, 0.15) is 48.3 Å². The van der Waals surface area contributed by atoms with Crippen LogP contribution in [0.15, 0.2) is 102 Å². The minimum absolute atomic E-state index is 0.0313. The summed E-state index contributed by atoms with van der Waals surface area (Å²) in [5.41, 5.74) is 8.44. The molecule has 0 saturated heterocycles. The summed E-state index contributed by atoms with van der Waals surface area (Å²) in [7, 11) is 0. The predicted octanol–water partition coefficient (Wildman–Crippen LogP) is 5.18. The van der Waals surface area contributed by atoms with Gasteiger partial charge in [0.05, 0.1) is 5.56 Å². The maximum Gasteiger partial charge on any atom is 0.338 e. The Balaban J connectivity index is 1.59. The van der Waals surface area contributed by atoms with E-state index in [-0.39, 0.29) is 17.3 Å². The highest BCUT2D eigenvalue weighted by molar-refractivity contribution is 5.96. The molecule has 40 heavy (non-hydrogen) atoms. The van der Waals surface area contributed by atoms with Gasteiger partial charge in [0.25, 0.3) is 5.56 Å². The fourth-order valence-electron chi connectivity index (χ4n) is 4.18. The van der Waals surface area contributed by atoms with E-state index in [0.29, 0.717) is 28.8 Å². The van der Waals surface area contributed by atoms with Crippen molar-refractivity contribution in [3.63, 3.8) is 0 Å². The van der Waals surface area contributed by atoms with Crippen LogP contribution in [0.5, 0.6) is 0 Å². The normalized spacial score (nSPS) is 11.9. The van der Waals surface area contributed by atoms with Crippen molar-refractivity contribution in [1.82, 2.24) is 4.57 Å². The van der Waals surface area contributed by atoms with Crippen LogP contribution >= 0.6 is 0 Å². The highest BCUT2D eigenvalue weighted by atomic mass is 16.6. The lowest BCUT2D eigenvalue weighted by atomic mass is 10.0. The first kappa shape index (κ1) is 28.0. The molecule has 3 aromatic carbocycles. The third kappa shape index (κ3) is 7.11. The summed E-state index contributed by atoms with van der Waals surface area (Å²) in [6, 6.07) is 25.4. The van der Waals surface area contributed by atoms with Crippen molar-refractivity contribution in [3.05, 3.63) is 124 Å². The number of hydrogen-bond donors (Lipinski definition) is 3. The average molecular weight is 537 g/mol. The number of carbonyl (C=O) groups is 2. The molecule has 8 heteroatoms. The second-order valence-corrected chi connectivity index (χ2v) is 10.4. The molecule has 0 fully saturated rings. The van der Waals surface area contributed by atoms with Gasteiger partial charge in [-0.25, -0.2) is 4.79 Å². The molecule has 0 aliphatic rings. The number of aromatic nitrogens is 1. The number of esters is 1. The first-order chi connectivity index (χ1) is 19.0. The maximum atomic E-state index is 13.5. The van der Waals surface area contributed by atoms with E-state index in [4.69, 9.17) is 15.9 Å². The van der Waals surface area contributed by atoms with E-state index in [1.54, 1.807) is 81.6 Å². The second kappa shape index (κ2) is 11.8. The number of benzene rings is 3. The lowest BCUT2D eigenvalue weighted by Gasteiger charge is -2.21.